The zero-order chi connectivity index (χ0) is 24.2. The number of nitro groups is 1. The standard InChI is InChI=1S/C24H15Br2ClN2O5/c25-18-10-15(11-19(26)22(18)33-9-8-14-4-2-1-3-5-14)12-21-24(30)34-23(28-21)17-7-6-16(29(31)32)13-20(17)27/h1-7,10-13H,8-9H2/b21-12-. The summed E-state index contributed by atoms with van der Waals surface area (Å²) in [6, 6.07) is 17.5. The molecule has 1 aliphatic heterocycles. The fourth-order valence-electron chi connectivity index (χ4n) is 3.19. The number of aliphatic imine (C=N–C) groups is 1. The van der Waals surface area contributed by atoms with Crippen LogP contribution in [0.5, 0.6) is 5.75 Å². The predicted molar refractivity (Wildman–Crippen MR) is 136 cm³/mol. The highest BCUT2D eigenvalue weighted by Crippen LogP contribution is 2.36. The molecule has 1 aliphatic rings. The monoisotopic (exact) mass is 604 g/mol. The number of ether oxygens (including phenoxy) is 2. The number of cyclic esters (lactones) is 1. The molecule has 0 N–H and O–H groups in total. The smallest absolute Gasteiger partial charge is 0.363 e. The molecule has 0 unspecified atom stereocenters. The molecule has 3 aromatic rings. The van der Waals surface area contributed by atoms with E-state index < -0.39 is 10.9 Å². The van der Waals surface area contributed by atoms with Crippen molar-refractivity contribution in [1.29, 1.82) is 0 Å². The topological polar surface area (TPSA) is 91.0 Å². The van der Waals surface area contributed by atoms with E-state index in [1.807, 2.05) is 30.3 Å². The van der Waals surface area contributed by atoms with Crippen molar-refractivity contribution in [3.8, 4) is 5.75 Å². The predicted octanol–water partition coefficient (Wildman–Crippen LogP) is 6.74. The van der Waals surface area contributed by atoms with Gasteiger partial charge in [0.15, 0.2) is 5.70 Å². The van der Waals surface area contributed by atoms with E-state index in [0.717, 1.165) is 6.42 Å². The Balaban J connectivity index is 1.52. The summed E-state index contributed by atoms with van der Waals surface area (Å²) >= 11 is 13.2. The van der Waals surface area contributed by atoms with Gasteiger partial charge in [0.2, 0.25) is 5.90 Å². The zero-order valence-electron chi connectivity index (χ0n) is 17.3. The third-order valence-corrected chi connectivity index (χ3v) is 6.31. The lowest BCUT2D eigenvalue weighted by Crippen LogP contribution is -2.06. The van der Waals surface area contributed by atoms with Crippen molar-refractivity contribution in [2.45, 2.75) is 6.42 Å². The number of non-ortho nitro benzene ring substituents is 1. The van der Waals surface area contributed by atoms with Crippen molar-refractivity contribution in [3.63, 3.8) is 0 Å². The van der Waals surface area contributed by atoms with Crippen LogP contribution in [0.15, 0.2) is 80.3 Å². The number of hydrogen-bond acceptors (Lipinski definition) is 6. The van der Waals surface area contributed by atoms with Crippen molar-refractivity contribution in [3.05, 3.63) is 107 Å². The molecular weight excluding hydrogens is 592 g/mol. The van der Waals surface area contributed by atoms with Gasteiger partial charge in [-0.1, -0.05) is 41.9 Å². The summed E-state index contributed by atoms with van der Waals surface area (Å²) in [5.74, 6) is -0.0241. The molecule has 172 valence electrons. The molecule has 0 aliphatic carbocycles. The van der Waals surface area contributed by atoms with Crippen LogP contribution in [0.2, 0.25) is 5.02 Å². The van der Waals surface area contributed by atoms with Crippen molar-refractivity contribution in [2.75, 3.05) is 6.61 Å². The molecule has 0 aromatic heterocycles. The Bertz CT molecular complexity index is 1320. The van der Waals surface area contributed by atoms with Gasteiger partial charge in [-0.25, -0.2) is 9.79 Å². The van der Waals surface area contributed by atoms with Crippen molar-refractivity contribution in [1.82, 2.24) is 0 Å². The van der Waals surface area contributed by atoms with Crippen LogP contribution >= 0.6 is 43.5 Å². The molecule has 0 radical (unpaired) electrons. The Hall–Kier alpha value is -3.01. The minimum Gasteiger partial charge on any atom is -0.491 e. The van der Waals surface area contributed by atoms with Crippen molar-refractivity contribution >= 4 is 67.1 Å². The summed E-state index contributed by atoms with van der Waals surface area (Å²) in [6.07, 6.45) is 2.33. The van der Waals surface area contributed by atoms with Gasteiger partial charge in [0.05, 0.1) is 31.1 Å². The summed E-state index contributed by atoms with van der Waals surface area (Å²) in [6.45, 7) is 0.498. The summed E-state index contributed by atoms with van der Waals surface area (Å²) < 4.78 is 12.6. The van der Waals surface area contributed by atoms with Crippen LogP contribution < -0.4 is 4.74 Å². The molecule has 7 nitrogen and oxygen atoms in total. The molecule has 0 spiro atoms. The van der Waals surface area contributed by atoms with E-state index >= 15 is 0 Å². The molecule has 3 aromatic carbocycles. The highest BCUT2D eigenvalue weighted by Gasteiger charge is 2.26. The Morgan fingerprint density at radius 3 is 2.44 bits per heavy atom. The molecule has 10 heteroatoms. The number of hydrogen-bond donors (Lipinski definition) is 0. The molecule has 0 atom stereocenters. The van der Waals surface area contributed by atoms with Crippen LogP contribution in [0.1, 0.15) is 16.7 Å². The van der Waals surface area contributed by atoms with Gasteiger partial charge in [-0.05, 0) is 67.3 Å². The minimum absolute atomic E-state index is 0.0184. The number of nitro benzene ring substituents is 1. The molecule has 0 bridgehead atoms. The fraction of sp³-hybridized carbons (Fsp3) is 0.0833. The number of benzene rings is 3. The van der Waals surface area contributed by atoms with Gasteiger partial charge in [0.25, 0.3) is 5.69 Å². The van der Waals surface area contributed by atoms with Gasteiger partial charge < -0.3 is 9.47 Å². The van der Waals surface area contributed by atoms with Crippen LogP contribution in [0.4, 0.5) is 5.69 Å². The molecule has 0 saturated heterocycles. The lowest BCUT2D eigenvalue weighted by molar-refractivity contribution is -0.384. The maximum atomic E-state index is 12.4. The van der Waals surface area contributed by atoms with Gasteiger partial charge in [-0.15, -0.1) is 0 Å². The average Bonchev–Trinajstić information content (AvgIpc) is 3.16. The van der Waals surface area contributed by atoms with Crippen LogP contribution in [-0.2, 0) is 16.0 Å². The number of rotatable bonds is 7. The van der Waals surface area contributed by atoms with Gasteiger partial charge in [-0.2, -0.15) is 0 Å². The third-order valence-electron chi connectivity index (χ3n) is 4.82. The number of halogens is 3. The number of carbonyl (C=O) groups is 1. The summed E-state index contributed by atoms with van der Waals surface area (Å²) in [4.78, 5) is 26.9. The summed E-state index contributed by atoms with van der Waals surface area (Å²) in [5, 5.41) is 11.0. The first kappa shape index (κ1) is 24.1. The quantitative estimate of drug-likeness (QED) is 0.129. The minimum atomic E-state index is -0.653. The normalized spacial score (nSPS) is 14.1. The second-order valence-corrected chi connectivity index (χ2v) is 9.27. The maximum Gasteiger partial charge on any atom is 0.363 e. The highest BCUT2D eigenvalue weighted by atomic mass is 79.9. The number of esters is 1. The summed E-state index contributed by atoms with van der Waals surface area (Å²) in [7, 11) is 0. The van der Waals surface area contributed by atoms with E-state index in [9.17, 15) is 14.9 Å². The first-order valence-corrected chi connectivity index (χ1v) is 11.9. The Morgan fingerprint density at radius 1 is 1.09 bits per heavy atom. The lowest BCUT2D eigenvalue weighted by atomic mass is 10.1. The average molecular weight is 607 g/mol. The van der Waals surface area contributed by atoms with Gasteiger partial charge in [0, 0.05) is 18.6 Å². The summed E-state index contributed by atoms with van der Waals surface area (Å²) in [5.41, 5.74) is 2.04. The Labute approximate surface area is 216 Å². The molecule has 4 rings (SSSR count). The van der Waals surface area contributed by atoms with Crippen molar-refractivity contribution < 1.29 is 19.2 Å². The van der Waals surface area contributed by atoms with Crippen LogP contribution in [0, 0.1) is 10.1 Å². The molecule has 1 heterocycles. The van der Waals surface area contributed by atoms with E-state index in [4.69, 9.17) is 21.1 Å². The van der Waals surface area contributed by atoms with E-state index in [-0.39, 0.29) is 27.9 Å². The molecule has 34 heavy (non-hydrogen) atoms. The number of carbonyl (C=O) groups excluding carboxylic acids is 1. The van der Waals surface area contributed by atoms with Crippen molar-refractivity contribution in [2.24, 2.45) is 4.99 Å². The van der Waals surface area contributed by atoms with Gasteiger partial charge >= 0.3 is 5.97 Å². The second kappa shape index (κ2) is 10.5. The molecular formula is C24H15Br2ClN2O5. The molecule has 0 saturated carbocycles. The van der Waals surface area contributed by atoms with E-state index in [0.29, 0.717) is 26.9 Å². The van der Waals surface area contributed by atoms with Gasteiger partial charge in [-0.3, -0.25) is 10.1 Å². The Morgan fingerprint density at radius 2 is 1.79 bits per heavy atom. The first-order valence-electron chi connectivity index (χ1n) is 9.94. The van der Waals surface area contributed by atoms with Gasteiger partial charge in [0.1, 0.15) is 5.75 Å². The SMILES string of the molecule is O=C1OC(c2ccc([N+](=O)[O-])cc2Cl)=N/C1=C\c1cc(Br)c(OCCc2ccccc2)c(Br)c1. The van der Waals surface area contributed by atoms with E-state index in [2.05, 4.69) is 36.9 Å². The second-order valence-electron chi connectivity index (χ2n) is 7.16. The fourth-order valence-corrected chi connectivity index (χ4v) is 4.90. The molecule has 0 fully saturated rings. The number of nitrogens with zero attached hydrogens (tertiary/aromatic N) is 2. The third kappa shape index (κ3) is 5.55. The van der Waals surface area contributed by atoms with E-state index in [1.54, 1.807) is 18.2 Å². The van der Waals surface area contributed by atoms with Crippen LogP contribution in [0.25, 0.3) is 6.08 Å². The maximum absolute atomic E-state index is 12.4. The van der Waals surface area contributed by atoms with Crippen LogP contribution in [-0.4, -0.2) is 23.4 Å². The van der Waals surface area contributed by atoms with E-state index in [1.165, 1.54) is 23.8 Å². The van der Waals surface area contributed by atoms with Crippen LogP contribution in [0.3, 0.4) is 0 Å². The zero-order valence-corrected chi connectivity index (χ0v) is 21.3. The lowest BCUT2D eigenvalue weighted by Gasteiger charge is -2.11. The molecule has 0 amide bonds. The largest absolute Gasteiger partial charge is 0.491 e. The Kier molecular flexibility index (Phi) is 7.45. The first-order chi connectivity index (χ1) is 16.3. The highest BCUT2D eigenvalue weighted by molar-refractivity contribution is 9.11.